The van der Waals surface area contributed by atoms with Crippen LogP contribution in [0.4, 0.5) is 0 Å². The van der Waals surface area contributed by atoms with Crippen molar-refractivity contribution in [1.82, 2.24) is 4.90 Å². The predicted octanol–water partition coefficient (Wildman–Crippen LogP) is 36.9. The standard InChI is InChI=1S/C27H37N.121H2/c1-8-27(7,21(3)4)18-11-10-12-19-28(9-2)23(6)25-15-13-14-24-17-16-22(5)20-26(24)25;;;;;;;;;;;;;;;;;;;;;;;;;;;;;;;;;;;;;;;;;;;;;;;;;;;;;;;;;;;;;;;;;;;;;;;;;;;;;;;;;;;;;;;;;;;;;;;;;;;;;;;;;;;;;;;;;;;;;;;;;/h10,12-17,20-21,23H,8-9,19H2,1-7H3;121*1H/b12-10+;;;;;;;;;;;;;;;;;;;;;;;;;;;;;;;;;;;;;;;;;;;;;;;;;;;;;;;;;;;;;;;;;;;;;;;;;;;;;;;;;;;;;;;;;;;;;;;;;;;;;;;;;;;;;;;;;;;;;;;;;/i23D;4*1+1D;;;;;;;;;;;;;;;;;;;;;;;;;;;;;;;;;;;;;;;;;;;;;;;;;;;;;;;;;;;;;;;;;;;;;;;;;;;;;;;;;;;;;;;;;;;;;;;;;;;;;;;;;;;;;;;;;;;;;. The summed E-state index contributed by atoms with van der Waals surface area (Å²) in [6.07, 6.45) is 5.11. The molecule has 2 rings (SSSR count). The van der Waals surface area contributed by atoms with Crippen molar-refractivity contribution in [3.63, 3.8) is 0 Å². The first-order chi connectivity index (χ1) is 17.7. The van der Waals surface area contributed by atoms with Crippen molar-refractivity contribution in [3.8, 4) is 11.8 Å². The molecule has 0 aliphatic heterocycles. The number of rotatable bonds is 7. The zero-order valence-corrected chi connectivity index (χ0v) is 18.8. The highest BCUT2D eigenvalue weighted by Gasteiger charge is 2.23. The lowest BCUT2D eigenvalue weighted by Gasteiger charge is -2.28. The van der Waals surface area contributed by atoms with E-state index in [9.17, 15) is 1.37 Å². The van der Waals surface area contributed by atoms with Crippen LogP contribution in [0.5, 0.6) is 0 Å². The van der Waals surface area contributed by atoms with Gasteiger partial charge in [0.25, 0.3) is 0 Å². The molecule has 2 aromatic rings. The van der Waals surface area contributed by atoms with Crippen LogP contribution in [0.2, 0.25) is 0 Å². The highest BCUT2D eigenvalue weighted by molar-refractivity contribution is 5.86. The van der Waals surface area contributed by atoms with E-state index in [2.05, 4.69) is 101 Å². The molecule has 0 N–H and O–H groups in total. The molecule has 2 atom stereocenters. The average Bonchev–Trinajstić information content (AvgIpc) is 2.94. The zero-order chi connectivity index (χ0) is 29.7. The van der Waals surface area contributed by atoms with Crippen LogP contribution in [0.3, 0.4) is 0 Å². The van der Waals surface area contributed by atoms with E-state index in [4.69, 9.17) is 11.9 Å². The maximum atomic E-state index is 9.20. The maximum absolute atomic E-state index is 9.20. The number of aryl methyl sites for hydroxylation is 1. The van der Waals surface area contributed by atoms with Gasteiger partial charge in [-0.3, -0.25) is 4.90 Å². The van der Waals surface area contributed by atoms with Crippen molar-refractivity contribution in [2.24, 2.45) is 11.3 Å². The molecular weight excluding hydrogens is 338 g/mol. The molecule has 0 aliphatic carbocycles. The second-order valence-electron chi connectivity index (χ2n) is 8.25. The van der Waals surface area contributed by atoms with Crippen molar-refractivity contribution >= 4 is 10.8 Å². The lowest BCUT2D eigenvalue weighted by molar-refractivity contribution is 0.248. The fourth-order valence-electron chi connectivity index (χ4n) is 3.46. The van der Waals surface area contributed by atoms with E-state index in [1.807, 2.05) is 13.0 Å². The highest BCUT2D eigenvalue weighted by Crippen LogP contribution is 2.30. The molecule has 0 amide bonds. The average molecular weight is 629 g/mol. The van der Waals surface area contributed by atoms with E-state index in [0.717, 1.165) is 18.5 Å². The van der Waals surface area contributed by atoms with E-state index in [1.54, 1.807) is 0 Å². The van der Waals surface area contributed by atoms with Gasteiger partial charge in [-0.2, -0.15) is 0 Å². The summed E-state index contributed by atoms with van der Waals surface area (Å²) in [6.45, 7) is 16.6. The van der Waals surface area contributed by atoms with Gasteiger partial charge < -0.3 is 0 Å². The van der Waals surface area contributed by atoms with Crippen LogP contribution in [0, 0.1) is 30.1 Å². The molecule has 0 saturated heterocycles. The molecule has 0 bridgehead atoms. The molecule has 0 aromatic heterocycles. The van der Waals surface area contributed by atoms with Crippen LogP contribution >= 0.6 is 0 Å². The van der Waals surface area contributed by atoms with Gasteiger partial charge in [0.05, 0.1) is 1.37 Å². The van der Waals surface area contributed by atoms with Crippen molar-refractivity contribution in [2.45, 2.75) is 60.9 Å². The molecule has 1 heteroatoms. The quantitative estimate of drug-likeness (QED) is 0.276. The van der Waals surface area contributed by atoms with Gasteiger partial charge in [0.2, 0.25) is 0 Å². The van der Waals surface area contributed by atoms with Gasteiger partial charge in [0, 0.05) is 197 Å². The Labute approximate surface area is 360 Å². The molecule has 0 saturated carbocycles. The second-order valence-corrected chi connectivity index (χ2v) is 8.25. The molecule has 2 aromatic carbocycles. The van der Waals surface area contributed by atoms with Crippen molar-refractivity contribution in [3.05, 3.63) is 59.7 Å². The second kappa shape index (κ2) is 9.94. The third-order valence-electron chi connectivity index (χ3n) is 6.18. The topological polar surface area (TPSA) is 3.24 Å². The van der Waals surface area contributed by atoms with Gasteiger partial charge in [0.15, 0.2) is 0 Å². The van der Waals surface area contributed by atoms with Crippen molar-refractivity contribution < 1.29 is 180 Å². The summed E-state index contributed by atoms with van der Waals surface area (Å²) in [5.74, 6) is 7.22. The number of allylic oxidation sites excluding steroid dienone is 1. The third kappa shape index (κ3) is 5.27. The van der Waals surface area contributed by atoms with Gasteiger partial charge in [-0.1, -0.05) is 87.6 Å². The van der Waals surface area contributed by atoms with Crippen LogP contribution < -0.4 is 0 Å². The van der Waals surface area contributed by atoms with Crippen LogP contribution in [-0.2, 0) is 0 Å². The Bertz CT molecular complexity index is 1010. The van der Waals surface area contributed by atoms with Crippen molar-refractivity contribution in [2.75, 3.05) is 13.1 Å². The van der Waals surface area contributed by atoms with Crippen molar-refractivity contribution in [1.29, 1.82) is 0 Å². The Kier molecular flexibility index (Phi) is 5.62. The molecule has 0 aliphatic rings. The SMILES string of the molecule is [2H]C(C)(c1cccc2ccc(C)cc12)N(CC)C/C=C/C#CC(C)(CC)C(C)C.[2H][2H].[2H][2H].[2H][2H].[2H][2H].[HH].[HH].[HH].[HH].[HH].[HH].[HH].[HH].[HH].[HH].[HH].[HH].[HH].[HH].[HH].[HH].[HH].[HH].[HH].[HH].[HH].[HH].[HH].[HH].[HH].[HH].[HH].[HH].[HH].[HH].[HH].[HH].[HH].[HH].[HH].[HH].[HH].[HH].[HH].[HH].[HH].[HH].[HH].[HH].[HH].[HH].[HH].[HH].[HH].[HH].[HH].[HH].[HH].[HH].[HH].[HH].[HH].[HH].[HH].[HH].[HH].[HH].[HH].[HH].[HH].[HH].[HH].[HH].[HH].[HH].[HH].[HH].[HH].[HH].[HH].[HH].[HH].[HH].[HH].[HH].[HH].[HH].[HH].[HH].[HH].[HH].[HH].[HH].[HH].[HH].[HH].[HH].[HH].[HH].[HH].[HH].[HH].[HH].[HH].[HH].[HH].[HH].[HH].[HH].[HH].[HH].[HH].[HH].[HH].[HH].[HH].[HH].[HH].[HH].[HH].[HH].[HH]. The minimum atomic E-state index is -0.810. The highest BCUT2D eigenvalue weighted by atomic mass is 15.1. The van der Waals surface area contributed by atoms with Crippen LogP contribution in [-0.4, -0.2) is 18.0 Å². The Morgan fingerprint density at radius 2 is 2.04 bits per heavy atom. The smallest absolute Gasteiger partial charge is 0.0516 e. The predicted molar refractivity (Wildman–Crippen MR) is 380 cm³/mol. The monoisotopic (exact) mass is 628 g/mol. The summed E-state index contributed by atoms with van der Waals surface area (Å²) < 4.78 is 49.2. The van der Waals surface area contributed by atoms with E-state index in [-0.39, 0.29) is 172 Å². The lowest BCUT2D eigenvalue weighted by atomic mass is 9.77. The van der Waals surface area contributed by atoms with E-state index < -0.39 is 6.02 Å². The number of likely N-dealkylation sites (N-methyl/N-ethyl adjacent to an activating group) is 1. The van der Waals surface area contributed by atoms with Crippen LogP contribution in [0.15, 0.2) is 48.6 Å². The maximum Gasteiger partial charge on any atom is 0.0516 e. The van der Waals surface area contributed by atoms with Crippen LogP contribution in [0.25, 0.3) is 10.8 Å². The molecule has 28 heavy (non-hydrogen) atoms. The molecule has 0 spiro atoms. The molecule has 1 nitrogen and oxygen atoms in total. The molecular formula is C27H279N. The minimum Gasteiger partial charge on any atom is -0.293 e. The van der Waals surface area contributed by atoms with Gasteiger partial charge >= 0.3 is 0 Å². The first kappa shape index (κ1) is 15.8. The summed E-state index contributed by atoms with van der Waals surface area (Å²) in [6, 6.07) is 11.9. The number of hydrogen-bond donors (Lipinski definition) is 0. The summed E-state index contributed by atoms with van der Waals surface area (Å²) in [7, 11) is 0. The van der Waals surface area contributed by atoms with Gasteiger partial charge in [-0.05, 0) is 62.1 Å². The number of hydrogen-bond acceptors (Lipinski definition) is 1. The third-order valence-corrected chi connectivity index (χ3v) is 6.18. The van der Waals surface area contributed by atoms with Gasteiger partial charge in [0.1, 0.15) is 0 Å². The lowest BCUT2D eigenvalue weighted by Crippen LogP contribution is -2.27. The number of nitrogens with zero attached hydrogens (tertiary/aromatic N) is 1. The van der Waals surface area contributed by atoms with E-state index >= 15 is 0 Å². The first-order valence-corrected chi connectivity index (χ1v) is 10.6. The largest absolute Gasteiger partial charge is 0.293 e. The first-order valence-electron chi connectivity index (χ1n) is 15.1. The Balaban J connectivity index is -0.000000000767. The fourth-order valence-corrected chi connectivity index (χ4v) is 3.46. The Hall–Kier alpha value is -2.04. The van der Waals surface area contributed by atoms with Crippen LogP contribution in [0.1, 0.15) is 245 Å². The van der Waals surface area contributed by atoms with E-state index in [0.29, 0.717) is 12.5 Å². The minimum absolute atomic E-state index is 0. The Morgan fingerprint density at radius 3 is 2.68 bits per heavy atom. The van der Waals surface area contributed by atoms with Gasteiger partial charge in [-0.15, -0.1) is 0 Å². The van der Waals surface area contributed by atoms with E-state index in [1.165, 1.54) is 16.3 Å². The van der Waals surface area contributed by atoms with Gasteiger partial charge in [-0.25, -0.2) is 0 Å². The fraction of sp³-hybridized carbons (Fsp3) is 0.481. The number of fused-ring (bicyclic) bond motifs is 1. The zero-order valence-electron chi connectivity index (χ0n) is 27.8. The number of benzene rings is 2. The summed E-state index contributed by atoms with van der Waals surface area (Å²) >= 11 is 0. The molecule has 2 unspecified atom stereocenters. The Morgan fingerprint density at radius 1 is 1.29 bits per heavy atom. The summed E-state index contributed by atoms with van der Waals surface area (Å²) in [5.41, 5.74) is 2.33. The molecule has 0 fully saturated rings. The summed E-state index contributed by atoms with van der Waals surface area (Å²) in [4.78, 5) is 2.18. The molecule has 0 heterocycles. The summed E-state index contributed by atoms with van der Waals surface area (Å²) in [5, 5.41) is 2.36. The normalized spacial score (nSPS) is 17.8. The molecule has 0 radical (unpaired) electrons. The molecule has 392 valence electrons.